The number of aryl methyl sites for hydroxylation is 2. The van der Waals surface area contributed by atoms with Gasteiger partial charge in [-0.05, 0) is 12.0 Å². The topological polar surface area (TPSA) is 63.8 Å². The zero-order chi connectivity index (χ0) is 11.2. The van der Waals surface area contributed by atoms with Gasteiger partial charge in [0.1, 0.15) is 11.6 Å². The Labute approximate surface area is 94.5 Å². The normalized spacial score (nSPS) is 10.1. The van der Waals surface area contributed by atoms with Gasteiger partial charge in [0, 0.05) is 18.7 Å². The number of nitrogens with one attached hydrogen (secondary N) is 1. The number of benzene rings is 1. The van der Waals surface area contributed by atoms with E-state index in [0.29, 0.717) is 5.82 Å². The fourth-order valence-corrected chi connectivity index (χ4v) is 1.50. The fourth-order valence-electron chi connectivity index (χ4n) is 1.50. The molecular weight excluding hydrogens is 200 g/mol. The molecule has 82 valence electrons. The first-order valence-electron chi connectivity index (χ1n) is 5.21. The Morgan fingerprint density at radius 3 is 2.62 bits per heavy atom. The smallest absolute Gasteiger partial charge is 0.143 e. The van der Waals surface area contributed by atoms with Crippen LogP contribution in [0.15, 0.2) is 42.6 Å². The first-order valence-corrected chi connectivity index (χ1v) is 5.21. The molecule has 0 amide bonds. The highest BCUT2D eigenvalue weighted by Gasteiger charge is 1.99. The molecule has 16 heavy (non-hydrogen) atoms. The molecule has 2 rings (SSSR count). The van der Waals surface area contributed by atoms with E-state index in [9.17, 15) is 0 Å². The lowest BCUT2D eigenvalue weighted by Gasteiger charge is -2.03. The Morgan fingerprint density at radius 1 is 1.06 bits per heavy atom. The predicted octanol–water partition coefficient (Wildman–Crippen LogP) is 1.55. The highest BCUT2D eigenvalue weighted by atomic mass is 15.3. The molecule has 0 saturated carbocycles. The number of rotatable bonds is 4. The van der Waals surface area contributed by atoms with E-state index in [-0.39, 0.29) is 0 Å². The number of nitrogen functional groups attached to an aromatic ring is 1. The lowest BCUT2D eigenvalue weighted by Crippen LogP contribution is -2.10. The Kier molecular flexibility index (Phi) is 3.46. The molecule has 4 nitrogen and oxygen atoms in total. The van der Waals surface area contributed by atoms with Gasteiger partial charge in [-0.3, -0.25) is 0 Å². The van der Waals surface area contributed by atoms with E-state index in [2.05, 4.69) is 27.5 Å². The van der Waals surface area contributed by atoms with Crippen LogP contribution in [0.3, 0.4) is 0 Å². The fraction of sp³-hybridized carbons (Fsp3) is 0.167. The largest absolute Gasteiger partial charge is 0.308 e. The van der Waals surface area contributed by atoms with Gasteiger partial charge in [0.15, 0.2) is 0 Å². The molecule has 0 saturated heterocycles. The summed E-state index contributed by atoms with van der Waals surface area (Å²) in [5.74, 6) is 6.74. The number of hydrogen-bond donors (Lipinski definition) is 2. The van der Waals surface area contributed by atoms with Crippen LogP contribution in [0.25, 0.3) is 0 Å². The van der Waals surface area contributed by atoms with Crippen molar-refractivity contribution in [1.82, 2.24) is 9.97 Å². The number of hydrazine groups is 1. The average Bonchev–Trinajstić information content (AvgIpc) is 2.38. The molecule has 0 spiro atoms. The first-order chi connectivity index (χ1) is 7.88. The molecule has 1 heterocycles. The van der Waals surface area contributed by atoms with Crippen LogP contribution < -0.4 is 11.3 Å². The summed E-state index contributed by atoms with van der Waals surface area (Å²) in [5, 5.41) is 0. The van der Waals surface area contributed by atoms with Crippen LogP contribution in [0, 0.1) is 0 Å². The maximum Gasteiger partial charge on any atom is 0.143 e. The molecular formula is C12H14N4. The summed E-state index contributed by atoms with van der Waals surface area (Å²) in [4.78, 5) is 8.45. The van der Waals surface area contributed by atoms with E-state index in [1.54, 1.807) is 12.3 Å². The quantitative estimate of drug-likeness (QED) is 0.598. The van der Waals surface area contributed by atoms with Crippen molar-refractivity contribution in [2.75, 3.05) is 5.43 Å². The minimum absolute atomic E-state index is 0.651. The van der Waals surface area contributed by atoms with Gasteiger partial charge in [0.2, 0.25) is 0 Å². The number of hydrogen-bond acceptors (Lipinski definition) is 4. The maximum absolute atomic E-state index is 5.29. The van der Waals surface area contributed by atoms with Crippen molar-refractivity contribution in [3.05, 3.63) is 54.0 Å². The van der Waals surface area contributed by atoms with Crippen LogP contribution in [0.2, 0.25) is 0 Å². The number of nitrogens with two attached hydrogens (primary N) is 1. The summed E-state index contributed by atoms with van der Waals surface area (Å²) in [5.41, 5.74) is 3.80. The van der Waals surface area contributed by atoms with E-state index in [0.717, 1.165) is 18.7 Å². The Bertz CT molecular complexity index is 442. The van der Waals surface area contributed by atoms with Crippen molar-refractivity contribution in [2.24, 2.45) is 5.84 Å². The Balaban J connectivity index is 1.99. The van der Waals surface area contributed by atoms with Crippen LogP contribution in [0.1, 0.15) is 11.4 Å². The van der Waals surface area contributed by atoms with Crippen molar-refractivity contribution in [2.45, 2.75) is 12.8 Å². The molecule has 0 fully saturated rings. The molecule has 1 aromatic carbocycles. The highest BCUT2D eigenvalue weighted by molar-refractivity contribution is 5.30. The second-order valence-corrected chi connectivity index (χ2v) is 3.49. The Morgan fingerprint density at radius 2 is 1.88 bits per heavy atom. The van der Waals surface area contributed by atoms with Crippen LogP contribution in [-0.2, 0) is 12.8 Å². The van der Waals surface area contributed by atoms with Gasteiger partial charge in [-0.1, -0.05) is 30.3 Å². The van der Waals surface area contributed by atoms with Gasteiger partial charge in [-0.25, -0.2) is 15.8 Å². The van der Waals surface area contributed by atoms with Gasteiger partial charge in [0.25, 0.3) is 0 Å². The lowest BCUT2D eigenvalue weighted by atomic mass is 10.1. The highest BCUT2D eigenvalue weighted by Crippen LogP contribution is 2.05. The Hall–Kier alpha value is -1.94. The average molecular weight is 214 g/mol. The van der Waals surface area contributed by atoms with Crippen LogP contribution >= 0.6 is 0 Å². The van der Waals surface area contributed by atoms with Crippen molar-refractivity contribution in [3.8, 4) is 0 Å². The minimum atomic E-state index is 0.651. The zero-order valence-corrected chi connectivity index (χ0v) is 8.93. The number of aromatic nitrogens is 2. The first kappa shape index (κ1) is 10.6. The van der Waals surface area contributed by atoms with Crippen LogP contribution in [0.5, 0.6) is 0 Å². The molecule has 0 radical (unpaired) electrons. The van der Waals surface area contributed by atoms with Gasteiger partial charge >= 0.3 is 0 Å². The summed E-state index contributed by atoms with van der Waals surface area (Å²) in [6.45, 7) is 0. The van der Waals surface area contributed by atoms with Crippen LogP contribution in [0.4, 0.5) is 5.82 Å². The molecule has 0 unspecified atom stereocenters. The SMILES string of the molecule is NNc1ccnc(CCc2ccccc2)n1. The predicted molar refractivity (Wildman–Crippen MR) is 63.7 cm³/mol. The summed E-state index contributed by atoms with van der Waals surface area (Å²) >= 11 is 0. The molecule has 1 aromatic heterocycles. The third-order valence-corrected chi connectivity index (χ3v) is 2.33. The standard InChI is InChI=1S/C12H14N4/c13-16-12-8-9-14-11(15-12)7-6-10-4-2-1-3-5-10/h1-5,8-9H,6-7,13H2,(H,14,15,16). The third-order valence-electron chi connectivity index (χ3n) is 2.33. The summed E-state index contributed by atoms with van der Waals surface area (Å²) < 4.78 is 0. The van der Waals surface area contributed by atoms with E-state index in [4.69, 9.17) is 5.84 Å². The number of nitrogens with zero attached hydrogens (tertiary/aromatic N) is 2. The lowest BCUT2D eigenvalue weighted by molar-refractivity contribution is 0.858. The van der Waals surface area contributed by atoms with E-state index in [1.165, 1.54) is 5.56 Å². The molecule has 0 bridgehead atoms. The molecule has 0 aliphatic carbocycles. The van der Waals surface area contributed by atoms with Gasteiger partial charge in [0.05, 0.1) is 0 Å². The van der Waals surface area contributed by atoms with Crippen molar-refractivity contribution in [3.63, 3.8) is 0 Å². The van der Waals surface area contributed by atoms with Gasteiger partial charge < -0.3 is 5.43 Å². The monoisotopic (exact) mass is 214 g/mol. The second kappa shape index (κ2) is 5.23. The van der Waals surface area contributed by atoms with E-state index < -0.39 is 0 Å². The van der Waals surface area contributed by atoms with Crippen molar-refractivity contribution in [1.29, 1.82) is 0 Å². The summed E-state index contributed by atoms with van der Waals surface area (Å²) in [6.07, 6.45) is 3.47. The van der Waals surface area contributed by atoms with E-state index in [1.807, 2.05) is 18.2 Å². The second-order valence-electron chi connectivity index (χ2n) is 3.49. The summed E-state index contributed by atoms with van der Waals surface area (Å²) in [6, 6.07) is 12.0. The maximum atomic E-state index is 5.29. The zero-order valence-electron chi connectivity index (χ0n) is 8.93. The molecule has 0 aliphatic heterocycles. The molecule has 0 atom stereocenters. The third kappa shape index (κ3) is 2.77. The van der Waals surface area contributed by atoms with Crippen LogP contribution in [-0.4, -0.2) is 9.97 Å². The molecule has 3 N–H and O–H groups in total. The summed E-state index contributed by atoms with van der Waals surface area (Å²) in [7, 11) is 0. The minimum Gasteiger partial charge on any atom is -0.308 e. The van der Waals surface area contributed by atoms with Gasteiger partial charge in [-0.15, -0.1) is 0 Å². The van der Waals surface area contributed by atoms with E-state index >= 15 is 0 Å². The van der Waals surface area contributed by atoms with Gasteiger partial charge in [-0.2, -0.15) is 0 Å². The van der Waals surface area contributed by atoms with Crippen molar-refractivity contribution >= 4 is 5.82 Å². The molecule has 4 heteroatoms. The number of anilines is 1. The molecule has 2 aromatic rings. The molecule has 0 aliphatic rings. The van der Waals surface area contributed by atoms with Crippen molar-refractivity contribution < 1.29 is 0 Å².